The summed E-state index contributed by atoms with van der Waals surface area (Å²) in [6.45, 7) is 2.75. The first-order valence-corrected chi connectivity index (χ1v) is 7.28. The van der Waals surface area contributed by atoms with Gasteiger partial charge in [-0.3, -0.25) is 4.90 Å². The molecule has 1 heterocycles. The van der Waals surface area contributed by atoms with Crippen molar-refractivity contribution in [1.82, 2.24) is 4.90 Å². The van der Waals surface area contributed by atoms with Crippen LogP contribution in [0.3, 0.4) is 0 Å². The number of nitrogens with zero attached hydrogens (tertiary/aromatic N) is 1. The summed E-state index contributed by atoms with van der Waals surface area (Å²) in [6.07, 6.45) is 4.37. The van der Waals surface area contributed by atoms with E-state index in [9.17, 15) is 0 Å². The molecule has 1 nitrogen and oxygen atoms in total. The fourth-order valence-electron chi connectivity index (χ4n) is 5.31. The normalized spacial score (nSPS) is 46.0. The van der Waals surface area contributed by atoms with Crippen LogP contribution in [0.5, 0.6) is 0 Å². The molecule has 4 aliphatic rings. The monoisotopic (exact) mass is 225 g/mol. The second-order valence-corrected chi connectivity index (χ2v) is 6.47. The number of hydrogen-bond acceptors (Lipinski definition) is 1. The lowest BCUT2D eigenvalue weighted by Crippen LogP contribution is -2.40. The first kappa shape index (κ1) is 9.16. The average molecular weight is 225 g/mol. The van der Waals surface area contributed by atoms with E-state index in [-0.39, 0.29) is 0 Å². The number of benzene rings is 1. The van der Waals surface area contributed by atoms with Gasteiger partial charge >= 0.3 is 0 Å². The number of likely N-dealkylation sites (tertiary alicyclic amines) is 1. The Morgan fingerprint density at radius 2 is 1.76 bits per heavy atom. The molecule has 0 N–H and O–H groups in total. The summed E-state index contributed by atoms with van der Waals surface area (Å²) < 4.78 is 0. The highest BCUT2D eigenvalue weighted by atomic mass is 15.2. The van der Waals surface area contributed by atoms with Gasteiger partial charge in [0, 0.05) is 12.0 Å². The zero-order chi connectivity index (χ0) is 11.0. The highest BCUT2D eigenvalue weighted by Gasteiger charge is 2.67. The highest BCUT2D eigenvalue weighted by molar-refractivity contribution is 5.48. The van der Waals surface area contributed by atoms with Gasteiger partial charge in [0.2, 0.25) is 0 Å². The summed E-state index contributed by atoms with van der Waals surface area (Å²) in [5.74, 6) is 3.92. The molecule has 2 bridgehead atoms. The molecule has 1 heteroatoms. The van der Waals surface area contributed by atoms with Crippen LogP contribution in [0.1, 0.15) is 42.2 Å². The van der Waals surface area contributed by atoms with Gasteiger partial charge in [-0.25, -0.2) is 0 Å². The molecule has 17 heavy (non-hydrogen) atoms. The molecule has 2 saturated carbocycles. The second kappa shape index (κ2) is 2.95. The molecule has 1 aliphatic heterocycles. The minimum atomic E-state index is 0.879. The maximum Gasteiger partial charge on any atom is 0.0201 e. The number of hydrogen-bond donors (Lipinski definition) is 0. The van der Waals surface area contributed by atoms with Crippen LogP contribution in [0.15, 0.2) is 24.3 Å². The fraction of sp³-hybridized carbons (Fsp3) is 0.625. The van der Waals surface area contributed by atoms with Gasteiger partial charge in [-0.15, -0.1) is 0 Å². The van der Waals surface area contributed by atoms with Crippen molar-refractivity contribution in [2.45, 2.75) is 37.1 Å². The predicted molar refractivity (Wildman–Crippen MR) is 68.1 cm³/mol. The Bertz CT molecular complexity index is 474. The first-order chi connectivity index (χ1) is 8.45. The van der Waals surface area contributed by atoms with Gasteiger partial charge in [-0.2, -0.15) is 0 Å². The molecular weight excluding hydrogens is 206 g/mol. The first-order valence-electron chi connectivity index (χ1n) is 7.28. The fourth-order valence-corrected chi connectivity index (χ4v) is 5.31. The molecule has 0 spiro atoms. The molecule has 1 aromatic rings. The van der Waals surface area contributed by atoms with Crippen molar-refractivity contribution in [1.29, 1.82) is 0 Å². The summed E-state index contributed by atoms with van der Waals surface area (Å²) >= 11 is 0. The van der Waals surface area contributed by atoms with Crippen LogP contribution in [0, 0.1) is 11.8 Å². The molecule has 88 valence electrons. The van der Waals surface area contributed by atoms with Crippen LogP contribution in [-0.2, 0) is 0 Å². The van der Waals surface area contributed by atoms with Crippen LogP contribution in [0.4, 0.5) is 0 Å². The van der Waals surface area contributed by atoms with E-state index in [4.69, 9.17) is 0 Å². The zero-order valence-corrected chi connectivity index (χ0v) is 10.2. The standard InChI is InChI=1S/C16H19N/c1-2-6-11-10(5-1)12-9-13-14(11)15(13)16(12)17-7-3-4-8-17/h1-2,5-6,12-16H,3-4,7-9H2/t12-,13?,14+,15+,16+/m1/s1. The molecule has 0 aromatic heterocycles. The third-order valence-corrected chi connectivity index (χ3v) is 5.88. The minimum absolute atomic E-state index is 0.879. The summed E-state index contributed by atoms with van der Waals surface area (Å²) in [5.41, 5.74) is 3.42. The molecule has 1 saturated heterocycles. The maximum absolute atomic E-state index is 2.82. The third-order valence-electron chi connectivity index (χ3n) is 5.88. The largest absolute Gasteiger partial charge is 0.299 e. The molecule has 3 aliphatic carbocycles. The lowest BCUT2D eigenvalue weighted by molar-refractivity contribution is 0.193. The highest BCUT2D eigenvalue weighted by Crippen LogP contribution is 2.73. The van der Waals surface area contributed by atoms with Crippen molar-refractivity contribution >= 4 is 0 Å². The van der Waals surface area contributed by atoms with Crippen LogP contribution < -0.4 is 0 Å². The Hall–Kier alpha value is -0.820. The van der Waals surface area contributed by atoms with Gasteiger partial charge in [0.15, 0.2) is 0 Å². The van der Waals surface area contributed by atoms with Crippen molar-refractivity contribution in [2.24, 2.45) is 11.8 Å². The minimum Gasteiger partial charge on any atom is -0.299 e. The number of rotatable bonds is 1. The van der Waals surface area contributed by atoms with E-state index in [1.54, 1.807) is 11.1 Å². The van der Waals surface area contributed by atoms with E-state index in [2.05, 4.69) is 29.2 Å². The van der Waals surface area contributed by atoms with Gasteiger partial charge in [-0.1, -0.05) is 24.3 Å². The number of fused-ring (bicyclic) bond motifs is 5. The van der Waals surface area contributed by atoms with Crippen LogP contribution in [-0.4, -0.2) is 24.0 Å². The van der Waals surface area contributed by atoms with E-state index in [0.717, 1.165) is 29.7 Å². The molecule has 0 radical (unpaired) electrons. The summed E-state index contributed by atoms with van der Waals surface area (Å²) in [6, 6.07) is 10.2. The molecule has 5 rings (SSSR count). The van der Waals surface area contributed by atoms with Crippen molar-refractivity contribution in [3.05, 3.63) is 35.4 Å². The Balaban J connectivity index is 1.60. The summed E-state index contributed by atoms with van der Waals surface area (Å²) in [4.78, 5) is 2.82. The van der Waals surface area contributed by atoms with Crippen LogP contribution >= 0.6 is 0 Å². The van der Waals surface area contributed by atoms with Crippen molar-refractivity contribution < 1.29 is 0 Å². The topological polar surface area (TPSA) is 3.24 Å². The quantitative estimate of drug-likeness (QED) is 0.710. The van der Waals surface area contributed by atoms with E-state index in [1.165, 1.54) is 32.4 Å². The summed E-state index contributed by atoms with van der Waals surface area (Å²) in [5, 5.41) is 0. The van der Waals surface area contributed by atoms with Crippen LogP contribution in [0.25, 0.3) is 0 Å². The predicted octanol–water partition coefficient (Wildman–Crippen LogP) is 2.98. The van der Waals surface area contributed by atoms with E-state index >= 15 is 0 Å². The Labute approximate surface area is 103 Å². The summed E-state index contributed by atoms with van der Waals surface area (Å²) in [7, 11) is 0. The zero-order valence-electron chi connectivity index (χ0n) is 10.2. The van der Waals surface area contributed by atoms with Crippen molar-refractivity contribution in [2.75, 3.05) is 13.1 Å². The lowest BCUT2D eigenvalue weighted by Gasteiger charge is -2.38. The molecule has 1 aromatic carbocycles. The van der Waals surface area contributed by atoms with Crippen molar-refractivity contribution in [3.8, 4) is 0 Å². The molecule has 1 unspecified atom stereocenters. The third kappa shape index (κ3) is 1.01. The maximum atomic E-state index is 2.82. The van der Waals surface area contributed by atoms with E-state index in [0.29, 0.717) is 0 Å². The van der Waals surface area contributed by atoms with Gasteiger partial charge in [-0.05, 0) is 61.2 Å². The molecular formula is C16H19N. The lowest BCUT2D eigenvalue weighted by atomic mass is 9.76. The molecule has 0 amide bonds. The van der Waals surface area contributed by atoms with Gasteiger partial charge in [0.25, 0.3) is 0 Å². The Kier molecular flexibility index (Phi) is 1.59. The molecule has 5 atom stereocenters. The van der Waals surface area contributed by atoms with E-state index < -0.39 is 0 Å². The smallest absolute Gasteiger partial charge is 0.0201 e. The molecule has 3 fully saturated rings. The van der Waals surface area contributed by atoms with Gasteiger partial charge < -0.3 is 0 Å². The van der Waals surface area contributed by atoms with E-state index in [1.807, 2.05) is 0 Å². The Morgan fingerprint density at radius 3 is 2.59 bits per heavy atom. The van der Waals surface area contributed by atoms with Crippen LogP contribution in [0.2, 0.25) is 0 Å². The second-order valence-electron chi connectivity index (χ2n) is 6.47. The SMILES string of the molecule is c1ccc2c(c1)[C@H]1CC3[C@H]([C@H]1N1CCCC1)[C@@H]23. The van der Waals surface area contributed by atoms with Gasteiger partial charge in [0.05, 0.1) is 0 Å². The van der Waals surface area contributed by atoms with Gasteiger partial charge in [0.1, 0.15) is 0 Å². The Morgan fingerprint density at radius 1 is 1.00 bits per heavy atom. The van der Waals surface area contributed by atoms with Crippen molar-refractivity contribution in [3.63, 3.8) is 0 Å². The average Bonchev–Trinajstić information content (AvgIpc) is 2.79.